The van der Waals surface area contributed by atoms with Gasteiger partial charge < -0.3 is 10.1 Å². The van der Waals surface area contributed by atoms with Crippen molar-refractivity contribution in [3.05, 3.63) is 23.3 Å². The van der Waals surface area contributed by atoms with Crippen molar-refractivity contribution in [2.24, 2.45) is 5.92 Å². The molecule has 1 aliphatic rings. The van der Waals surface area contributed by atoms with E-state index in [1.54, 1.807) is 10.4 Å². The maximum absolute atomic E-state index is 13.0. The number of nitrogens with one attached hydrogen (secondary N) is 1. The summed E-state index contributed by atoms with van der Waals surface area (Å²) in [6, 6.07) is 3.66. The third-order valence-electron chi connectivity index (χ3n) is 4.58. The number of aryl methyl sites for hydroxylation is 2. The van der Waals surface area contributed by atoms with Gasteiger partial charge in [0.1, 0.15) is 10.6 Å². The molecule has 1 fully saturated rings. The number of benzene rings is 1. The van der Waals surface area contributed by atoms with E-state index < -0.39 is 10.0 Å². The van der Waals surface area contributed by atoms with Gasteiger partial charge in [-0.3, -0.25) is 0 Å². The molecule has 1 N–H and O–H groups in total. The van der Waals surface area contributed by atoms with Crippen molar-refractivity contribution in [1.29, 1.82) is 0 Å². The van der Waals surface area contributed by atoms with Gasteiger partial charge in [-0.1, -0.05) is 6.07 Å². The lowest BCUT2D eigenvalue weighted by molar-refractivity contribution is 0.262. The highest BCUT2D eigenvalue weighted by Crippen LogP contribution is 2.33. The number of sulfonamides is 1. The molecule has 0 bridgehead atoms. The first-order valence-electron chi connectivity index (χ1n) is 8.20. The molecule has 1 aliphatic heterocycles. The zero-order valence-electron chi connectivity index (χ0n) is 14.6. The van der Waals surface area contributed by atoms with Crippen LogP contribution in [0, 0.1) is 19.8 Å². The van der Waals surface area contributed by atoms with E-state index in [-0.39, 0.29) is 0 Å². The predicted octanol–water partition coefficient (Wildman–Crippen LogP) is 2.32. The Balaban J connectivity index is 2.20. The zero-order valence-corrected chi connectivity index (χ0v) is 15.4. The summed E-state index contributed by atoms with van der Waals surface area (Å²) < 4.78 is 33.0. The molecule has 1 aromatic rings. The summed E-state index contributed by atoms with van der Waals surface area (Å²) in [7, 11) is -0.0222. The van der Waals surface area contributed by atoms with Crippen LogP contribution < -0.4 is 10.1 Å². The Labute approximate surface area is 140 Å². The topological polar surface area (TPSA) is 58.6 Å². The molecule has 0 aliphatic carbocycles. The Hall–Kier alpha value is -1.11. The highest BCUT2D eigenvalue weighted by molar-refractivity contribution is 7.89. The zero-order chi connectivity index (χ0) is 17.0. The molecule has 0 spiro atoms. The van der Waals surface area contributed by atoms with Gasteiger partial charge in [0, 0.05) is 13.1 Å². The van der Waals surface area contributed by atoms with Gasteiger partial charge in [-0.15, -0.1) is 0 Å². The maximum atomic E-state index is 13.0. The van der Waals surface area contributed by atoms with Crippen molar-refractivity contribution in [3.63, 3.8) is 0 Å². The van der Waals surface area contributed by atoms with Gasteiger partial charge in [0.05, 0.1) is 7.11 Å². The molecular formula is C17H28N2O3S. The molecule has 5 nitrogen and oxygen atoms in total. The van der Waals surface area contributed by atoms with Crippen molar-refractivity contribution in [2.75, 3.05) is 33.8 Å². The Morgan fingerprint density at radius 1 is 1.26 bits per heavy atom. The van der Waals surface area contributed by atoms with Crippen molar-refractivity contribution in [1.82, 2.24) is 9.62 Å². The number of hydrogen-bond acceptors (Lipinski definition) is 4. The summed E-state index contributed by atoms with van der Waals surface area (Å²) in [6.45, 7) is 5.96. The van der Waals surface area contributed by atoms with Crippen molar-refractivity contribution in [2.45, 2.75) is 38.0 Å². The van der Waals surface area contributed by atoms with E-state index in [0.717, 1.165) is 36.9 Å². The normalized spacial score (nSPS) is 17.4. The van der Waals surface area contributed by atoms with Crippen LogP contribution in [0.3, 0.4) is 0 Å². The van der Waals surface area contributed by atoms with E-state index in [1.807, 2.05) is 27.0 Å². The Morgan fingerprint density at radius 2 is 1.91 bits per heavy atom. The lowest BCUT2D eigenvalue weighted by Crippen LogP contribution is -2.39. The molecule has 0 unspecified atom stereocenters. The third kappa shape index (κ3) is 4.05. The van der Waals surface area contributed by atoms with Gasteiger partial charge in [-0.2, -0.15) is 4.31 Å². The number of nitrogens with zero attached hydrogens (tertiary/aromatic N) is 1. The minimum atomic E-state index is -3.50. The van der Waals surface area contributed by atoms with Crippen molar-refractivity contribution >= 4 is 10.0 Å². The van der Waals surface area contributed by atoms with Crippen LogP contribution in [0.25, 0.3) is 0 Å². The van der Waals surface area contributed by atoms with Crippen LogP contribution in [0.15, 0.2) is 17.0 Å². The third-order valence-corrected chi connectivity index (χ3v) is 6.49. The van der Waals surface area contributed by atoms with E-state index in [0.29, 0.717) is 29.7 Å². The van der Waals surface area contributed by atoms with Gasteiger partial charge in [0.25, 0.3) is 0 Å². The standard InChI is InChI=1S/C17H28N2O3S/c1-13-11-14(2)17(22-4)16(12-13)23(20,21)19-9-6-15(7-10-19)5-8-18-3/h11-12,15,18H,5-10H2,1-4H3. The number of piperidine rings is 1. The fourth-order valence-electron chi connectivity index (χ4n) is 3.29. The lowest BCUT2D eigenvalue weighted by Gasteiger charge is -2.31. The maximum Gasteiger partial charge on any atom is 0.246 e. The Bertz CT molecular complexity index is 635. The molecule has 23 heavy (non-hydrogen) atoms. The highest BCUT2D eigenvalue weighted by atomic mass is 32.2. The van der Waals surface area contributed by atoms with E-state index in [1.165, 1.54) is 7.11 Å². The van der Waals surface area contributed by atoms with Gasteiger partial charge in [-0.05, 0) is 69.8 Å². The van der Waals surface area contributed by atoms with E-state index in [2.05, 4.69) is 5.32 Å². The fraction of sp³-hybridized carbons (Fsp3) is 0.647. The first kappa shape index (κ1) is 18.2. The number of hydrogen-bond donors (Lipinski definition) is 1. The molecule has 0 atom stereocenters. The molecule has 130 valence electrons. The summed E-state index contributed by atoms with van der Waals surface area (Å²) in [5.74, 6) is 1.07. The summed E-state index contributed by atoms with van der Waals surface area (Å²) in [4.78, 5) is 0.297. The predicted molar refractivity (Wildman–Crippen MR) is 92.5 cm³/mol. The van der Waals surface area contributed by atoms with Crippen LogP contribution >= 0.6 is 0 Å². The molecule has 1 saturated heterocycles. The molecule has 0 saturated carbocycles. The highest BCUT2D eigenvalue weighted by Gasteiger charge is 2.32. The largest absolute Gasteiger partial charge is 0.495 e. The Morgan fingerprint density at radius 3 is 2.48 bits per heavy atom. The quantitative estimate of drug-likeness (QED) is 0.863. The summed E-state index contributed by atoms with van der Waals surface area (Å²) >= 11 is 0. The van der Waals surface area contributed by atoms with Crippen molar-refractivity contribution in [3.8, 4) is 5.75 Å². The average molecular weight is 340 g/mol. The molecule has 0 amide bonds. The first-order chi connectivity index (χ1) is 10.9. The van der Waals surface area contributed by atoms with Crippen molar-refractivity contribution < 1.29 is 13.2 Å². The summed E-state index contributed by atoms with van der Waals surface area (Å²) in [5, 5.41) is 3.16. The van der Waals surface area contributed by atoms with E-state index >= 15 is 0 Å². The SMILES string of the molecule is CNCCC1CCN(S(=O)(=O)c2cc(C)cc(C)c2OC)CC1. The molecular weight excluding hydrogens is 312 g/mol. The molecule has 0 aromatic heterocycles. The number of methoxy groups -OCH3 is 1. The fourth-order valence-corrected chi connectivity index (χ4v) is 5.08. The molecule has 0 radical (unpaired) electrons. The second kappa shape index (κ2) is 7.64. The number of rotatable bonds is 6. The summed E-state index contributed by atoms with van der Waals surface area (Å²) in [5.41, 5.74) is 1.79. The smallest absolute Gasteiger partial charge is 0.246 e. The Kier molecular flexibility index (Phi) is 6.06. The minimum absolute atomic E-state index is 0.297. The monoisotopic (exact) mass is 340 g/mol. The molecule has 6 heteroatoms. The van der Waals surface area contributed by atoms with E-state index in [9.17, 15) is 8.42 Å². The molecule has 1 heterocycles. The van der Waals surface area contributed by atoms with Gasteiger partial charge in [0.15, 0.2) is 0 Å². The van der Waals surface area contributed by atoms with Gasteiger partial charge in [0.2, 0.25) is 10.0 Å². The second-order valence-corrected chi connectivity index (χ2v) is 8.26. The van der Waals surface area contributed by atoms with Crippen LogP contribution in [0.4, 0.5) is 0 Å². The average Bonchev–Trinajstić information content (AvgIpc) is 2.52. The number of ether oxygens (including phenoxy) is 1. The van der Waals surface area contributed by atoms with E-state index in [4.69, 9.17) is 4.74 Å². The molecule has 1 aromatic carbocycles. The van der Waals surface area contributed by atoms with Crippen LogP contribution in [0.5, 0.6) is 5.75 Å². The second-order valence-electron chi connectivity index (χ2n) is 6.35. The summed E-state index contributed by atoms with van der Waals surface area (Å²) in [6.07, 6.45) is 2.96. The van der Waals surface area contributed by atoms with Gasteiger partial charge in [-0.25, -0.2) is 8.42 Å². The minimum Gasteiger partial charge on any atom is -0.495 e. The first-order valence-corrected chi connectivity index (χ1v) is 9.64. The molecule has 2 rings (SSSR count). The van der Waals surface area contributed by atoms with Gasteiger partial charge >= 0.3 is 0 Å². The van der Waals surface area contributed by atoms with Crippen LogP contribution in [0.1, 0.15) is 30.4 Å². The lowest BCUT2D eigenvalue weighted by atomic mass is 9.95. The van der Waals surface area contributed by atoms with Crippen LogP contribution in [-0.2, 0) is 10.0 Å². The van der Waals surface area contributed by atoms with Crippen LogP contribution in [-0.4, -0.2) is 46.5 Å². The van der Waals surface area contributed by atoms with Crippen LogP contribution in [0.2, 0.25) is 0 Å².